The molecule has 0 bridgehead atoms. The zero-order valence-corrected chi connectivity index (χ0v) is 22.5. The molecule has 1 saturated heterocycles. The Labute approximate surface area is 231 Å². The van der Waals surface area contributed by atoms with E-state index in [1.807, 2.05) is 71.6 Å². The molecule has 0 unspecified atom stereocenters. The number of anilines is 1. The molecule has 2 aliphatic heterocycles. The summed E-state index contributed by atoms with van der Waals surface area (Å²) < 4.78 is 12.6. The number of nitrogens with zero attached hydrogens (tertiary/aromatic N) is 3. The van der Waals surface area contributed by atoms with Gasteiger partial charge in [0.15, 0.2) is 5.13 Å². The maximum Gasteiger partial charge on any atom is 0.241 e. The zero-order chi connectivity index (χ0) is 24.5. The third kappa shape index (κ3) is 5.19. The van der Waals surface area contributed by atoms with E-state index in [0.717, 1.165) is 72.1 Å². The molecule has 6 nitrogen and oxygen atoms in total. The van der Waals surface area contributed by atoms with Gasteiger partial charge in [-0.2, -0.15) is 0 Å². The molecule has 0 saturated carbocycles. The lowest BCUT2D eigenvalue weighted by Gasteiger charge is -2.32. The van der Waals surface area contributed by atoms with Crippen molar-refractivity contribution in [1.29, 1.82) is 0 Å². The number of rotatable bonds is 6. The van der Waals surface area contributed by atoms with Crippen LogP contribution in [0.15, 0.2) is 66.7 Å². The molecule has 9 heteroatoms. The lowest BCUT2D eigenvalue weighted by molar-refractivity contribution is -0.119. The predicted octanol–water partition coefficient (Wildman–Crippen LogP) is 6.36. The van der Waals surface area contributed by atoms with Crippen LogP contribution in [0.2, 0.25) is 5.02 Å². The minimum Gasteiger partial charge on any atom is -0.457 e. The van der Waals surface area contributed by atoms with E-state index in [1.54, 1.807) is 0 Å². The molecule has 6 rings (SSSR count). The van der Waals surface area contributed by atoms with Crippen molar-refractivity contribution in [3.63, 3.8) is 0 Å². The van der Waals surface area contributed by atoms with E-state index in [0.29, 0.717) is 16.7 Å². The van der Waals surface area contributed by atoms with Gasteiger partial charge in [0.2, 0.25) is 5.91 Å². The first-order chi connectivity index (χ1) is 17.7. The van der Waals surface area contributed by atoms with Crippen LogP contribution in [0, 0.1) is 0 Å². The minimum atomic E-state index is -0.475. The van der Waals surface area contributed by atoms with Crippen LogP contribution in [-0.4, -0.2) is 55.2 Å². The first-order valence-corrected chi connectivity index (χ1v) is 13.4. The Kier molecular flexibility index (Phi) is 7.98. The zero-order valence-electron chi connectivity index (χ0n) is 20.1. The average molecular weight is 557 g/mol. The number of ether oxygens (including phenoxy) is 2. The number of thiazole rings is 1. The molecule has 37 heavy (non-hydrogen) atoms. The Morgan fingerprint density at radius 2 is 1.68 bits per heavy atom. The average Bonchev–Trinajstić information content (AvgIpc) is 3.35. The van der Waals surface area contributed by atoms with Gasteiger partial charge in [0.05, 0.1) is 28.9 Å². The summed E-state index contributed by atoms with van der Waals surface area (Å²) in [5.74, 6) is 0.956. The Hall–Kier alpha value is -2.68. The highest BCUT2D eigenvalue weighted by atomic mass is 35.5. The summed E-state index contributed by atoms with van der Waals surface area (Å²) in [5, 5.41) is 1.27. The van der Waals surface area contributed by atoms with Crippen LogP contribution in [0.4, 0.5) is 5.13 Å². The van der Waals surface area contributed by atoms with Gasteiger partial charge in [0.25, 0.3) is 0 Å². The summed E-state index contributed by atoms with van der Waals surface area (Å²) >= 11 is 7.95. The topological polar surface area (TPSA) is 54.9 Å². The van der Waals surface area contributed by atoms with Crippen LogP contribution >= 0.6 is 35.3 Å². The molecule has 1 amide bonds. The fourth-order valence-electron chi connectivity index (χ4n) is 4.93. The molecular formula is C28H27Cl2N3O3S. The first kappa shape index (κ1) is 25.9. The Bertz CT molecular complexity index is 1360. The molecule has 0 atom stereocenters. The lowest BCUT2D eigenvalue weighted by Crippen LogP contribution is -2.40. The Morgan fingerprint density at radius 1 is 1.00 bits per heavy atom. The fraction of sp³-hybridized carbons (Fsp3) is 0.286. The lowest BCUT2D eigenvalue weighted by atomic mass is 9.87. The third-order valence-corrected chi connectivity index (χ3v) is 8.09. The molecular weight excluding hydrogens is 529 g/mol. The molecule has 1 fully saturated rings. The molecule has 0 spiro atoms. The number of fused-ring (bicyclic) bond motifs is 3. The molecule has 0 N–H and O–H groups in total. The number of para-hydroxylation sites is 3. The number of benzene rings is 3. The summed E-state index contributed by atoms with van der Waals surface area (Å²) in [7, 11) is 0. The predicted molar refractivity (Wildman–Crippen MR) is 151 cm³/mol. The van der Waals surface area contributed by atoms with Crippen LogP contribution in [0.25, 0.3) is 10.2 Å². The second kappa shape index (κ2) is 11.4. The highest BCUT2D eigenvalue weighted by Gasteiger charge is 2.36. The second-order valence-electron chi connectivity index (χ2n) is 8.99. The van der Waals surface area contributed by atoms with Crippen LogP contribution < -0.4 is 9.64 Å². The fourth-order valence-corrected chi connectivity index (χ4v) is 6.22. The Morgan fingerprint density at radius 3 is 2.35 bits per heavy atom. The van der Waals surface area contributed by atoms with Crippen molar-refractivity contribution >= 4 is 56.6 Å². The summed E-state index contributed by atoms with van der Waals surface area (Å²) in [6.07, 6.45) is 0.835. The van der Waals surface area contributed by atoms with E-state index in [9.17, 15) is 4.79 Å². The second-order valence-corrected chi connectivity index (χ2v) is 10.4. The van der Waals surface area contributed by atoms with E-state index in [-0.39, 0.29) is 18.3 Å². The van der Waals surface area contributed by atoms with Gasteiger partial charge in [0, 0.05) is 37.3 Å². The molecule has 0 radical (unpaired) electrons. The van der Waals surface area contributed by atoms with Gasteiger partial charge in [-0.15, -0.1) is 12.4 Å². The van der Waals surface area contributed by atoms with Crippen molar-refractivity contribution in [1.82, 2.24) is 9.88 Å². The molecule has 4 aromatic rings. The van der Waals surface area contributed by atoms with Gasteiger partial charge in [-0.05, 0) is 30.7 Å². The highest BCUT2D eigenvalue weighted by Crippen LogP contribution is 2.45. The highest BCUT2D eigenvalue weighted by molar-refractivity contribution is 7.22. The van der Waals surface area contributed by atoms with Crippen LogP contribution in [0.1, 0.15) is 23.5 Å². The van der Waals surface area contributed by atoms with E-state index in [1.165, 1.54) is 11.3 Å². The van der Waals surface area contributed by atoms with Gasteiger partial charge in [0.1, 0.15) is 17.0 Å². The summed E-state index contributed by atoms with van der Waals surface area (Å²) in [6, 6.07) is 21.3. The van der Waals surface area contributed by atoms with Crippen LogP contribution in [0.5, 0.6) is 11.5 Å². The van der Waals surface area contributed by atoms with Gasteiger partial charge >= 0.3 is 0 Å². The van der Waals surface area contributed by atoms with Crippen molar-refractivity contribution in [2.45, 2.75) is 12.3 Å². The molecule has 3 aromatic carbocycles. The van der Waals surface area contributed by atoms with E-state index in [4.69, 9.17) is 26.1 Å². The summed E-state index contributed by atoms with van der Waals surface area (Å²) in [6.45, 7) is 4.83. The molecule has 0 aliphatic carbocycles. The van der Waals surface area contributed by atoms with Crippen molar-refractivity contribution < 1.29 is 14.3 Å². The molecule has 3 heterocycles. The van der Waals surface area contributed by atoms with E-state index < -0.39 is 5.92 Å². The van der Waals surface area contributed by atoms with Crippen LogP contribution in [-0.2, 0) is 9.53 Å². The monoisotopic (exact) mass is 555 g/mol. The van der Waals surface area contributed by atoms with E-state index >= 15 is 0 Å². The van der Waals surface area contributed by atoms with Crippen molar-refractivity contribution in [2.24, 2.45) is 0 Å². The van der Waals surface area contributed by atoms with E-state index in [2.05, 4.69) is 4.90 Å². The number of hydrogen-bond donors (Lipinski definition) is 0. The number of halogens is 2. The number of carbonyl (C=O) groups is 1. The van der Waals surface area contributed by atoms with Gasteiger partial charge < -0.3 is 9.47 Å². The minimum absolute atomic E-state index is 0. The normalized spacial score (nSPS) is 15.4. The number of carbonyl (C=O) groups excluding carboxylic acids is 1. The first-order valence-electron chi connectivity index (χ1n) is 12.2. The summed E-state index contributed by atoms with van der Waals surface area (Å²) in [5.41, 5.74) is 2.48. The number of morpholine rings is 1. The standard InChI is InChI=1S/C28H26ClN3O3S.ClH/c29-21-9-5-12-24-26(21)30-28(36-24)32(14-6-13-31-15-17-34-18-16-31)27(33)25-19-7-1-3-10-22(19)35-23-11-4-2-8-20(23)25;/h1-5,7-12,25H,6,13-18H2;1H. The maximum absolute atomic E-state index is 14.4. The number of amides is 1. The van der Waals surface area contributed by atoms with Crippen LogP contribution in [0.3, 0.4) is 0 Å². The van der Waals surface area contributed by atoms with Crippen molar-refractivity contribution in [3.8, 4) is 11.5 Å². The van der Waals surface area contributed by atoms with Gasteiger partial charge in [-0.3, -0.25) is 14.6 Å². The molecule has 2 aliphatic rings. The van der Waals surface area contributed by atoms with Gasteiger partial charge in [-0.1, -0.05) is 65.4 Å². The molecule has 1 aromatic heterocycles. The number of hydrogen-bond acceptors (Lipinski definition) is 6. The van der Waals surface area contributed by atoms with Crippen molar-refractivity contribution in [3.05, 3.63) is 82.9 Å². The van der Waals surface area contributed by atoms with Gasteiger partial charge in [-0.25, -0.2) is 4.98 Å². The third-order valence-electron chi connectivity index (χ3n) is 6.74. The smallest absolute Gasteiger partial charge is 0.241 e. The largest absolute Gasteiger partial charge is 0.457 e. The SMILES string of the molecule is Cl.O=C(C1c2ccccc2Oc2ccccc21)N(CCCN1CCOCC1)c1nc2c(Cl)cccc2s1. The quantitative estimate of drug-likeness (QED) is 0.277. The van der Waals surface area contributed by atoms with Crippen molar-refractivity contribution in [2.75, 3.05) is 44.3 Å². The maximum atomic E-state index is 14.4. The number of aromatic nitrogens is 1. The molecule has 192 valence electrons. The summed E-state index contributed by atoms with van der Waals surface area (Å²) in [4.78, 5) is 23.5. The Balaban J connectivity index is 0.00000280.